The number of nitrogens with two attached hydrogens (primary N) is 3. The number of carbonyl (C=O) groups is 3. The number of primary amides is 3. The number of rotatable bonds is 12. The lowest BCUT2D eigenvalue weighted by atomic mass is 10.1. The van der Waals surface area contributed by atoms with Gasteiger partial charge in [-0.2, -0.15) is 15.8 Å². The molecule has 0 saturated heterocycles. The van der Waals surface area contributed by atoms with Crippen molar-refractivity contribution in [2.75, 3.05) is 33.5 Å². The molecule has 3 amide bonds. The summed E-state index contributed by atoms with van der Waals surface area (Å²) in [6.07, 6.45) is 1.56. The molecule has 0 bridgehead atoms. The Morgan fingerprint density at radius 2 is 0.870 bits per heavy atom. The van der Waals surface area contributed by atoms with E-state index in [-0.39, 0.29) is 47.4 Å². The average Bonchev–Trinajstić information content (AvgIpc) is 3.97. The fraction of sp³-hybridized carbons (Fsp3) is 0.128. The normalized spacial score (nSPS) is 13.2. The molecule has 340 valence electrons. The van der Waals surface area contributed by atoms with E-state index in [2.05, 4.69) is 51.9 Å². The Balaban J connectivity index is 0.000000153. The molecule has 3 heterocycles. The number of hydrogen-bond donors (Lipinski definition) is 3. The van der Waals surface area contributed by atoms with Crippen LogP contribution in [0.25, 0.3) is 33.8 Å². The summed E-state index contributed by atoms with van der Waals surface area (Å²) in [4.78, 5) is 75.3. The van der Waals surface area contributed by atoms with Gasteiger partial charge < -0.3 is 36.5 Å². The van der Waals surface area contributed by atoms with Crippen molar-refractivity contribution in [3.63, 3.8) is 0 Å². The Kier molecular flexibility index (Phi) is 14.1. The minimum atomic E-state index is -0.805. The zero-order valence-electron chi connectivity index (χ0n) is 36.5. The Hall–Kier alpha value is -10.1. The molecule has 3 aliphatic rings. The quantitative estimate of drug-likeness (QED) is 0.0897. The van der Waals surface area contributed by atoms with Crippen molar-refractivity contribution >= 4 is 34.9 Å². The van der Waals surface area contributed by atoms with Crippen LogP contribution in [0.1, 0.15) is 89.2 Å². The number of aromatic nitrogens is 6. The van der Waals surface area contributed by atoms with E-state index in [0.717, 1.165) is 33.4 Å². The summed E-state index contributed by atoms with van der Waals surface area (Å²) in [6, 6.07) is 27.6. The topological polar surface area (TPSA) is 352 Å². The Labute approximate surface area is 391 Å². The van der Waals surface area contributed by atoms with Gasteiger partial charge in [0.15, 0.2) is 34.2 Å². The lowest BCUT2D eigenvalue weighted by molar-refractivity contribution is 0.0753. The molecular weight excluding hydrogens is 887 g/mol. The second-order valence-corrected chi connectivity index (χ2v) is 14.1. The maximum absolute atomic E-state index is 11.5. The third-order valence-corrected chi connectivity index (χ3v) is 9.86. The summed E-state index contributed by atoms with van der Waals surface area (Å²) in [6.45, 7) is 6.67. The van der Waals surface area contributed by atoms with Gasteiger partial charge in [-0.1, -0.05) is 101 Å². The second kappa shape index (κ2) is 20.8. The van der Waals surface area contributed by atoms with E-state index in [4.69, 9.17) is 41.7 Å². The van der Waals surface area contributed by atoms with Gasteiger partial charge in [0.1, 0.15) is 89.3 Å². The van der Waals surface area contributed by atoms with E-state index in [9.17, 15) is 24.9 Å². The Bertz CT molecular complexity index is 3330. The molecule has 0 radical (unpaired) electrons. The van der Waals surface area contributed by atoms with Crippen molar-refractivity contribution < 1.29 is 33.6 Å². The van der Waals surface area contributed by atoms with E-state index in [1.165, 1.54) is 0 Å². The third kappa shape index (κ3) is 9.24. The average molecular weight is 922 g/mol. The molecule has 69 heavy (non-hydrogen) atoms. The largest absolute Gasteiger partial charge is 0.396 e. The fourth-order valence-electron chi connectivity index (χ4n) is 6.98. The van der Waals surface area contributed by atoms with Crippen LogP contribution in [-0.4, -0.2) is 98.3 Å². The molecule has 0 atom stereocenters. The molecule has 3 aromatic heterocycles. The summed E-state index contributed by atoms with van der Waals surface area (Å²) in [5.41, 5.74) is 23.5. The molecule has 9 rings (SSSR count). The highest BCUT2D eigenvalue weighted by Crippen LogP contribution is 2.37. The first kappa shape index (κ1) is 46.9. The van der Waals surface area contributed by atoms with Gasteiger partial charge in [0.05, 0.1) is 6.61 Å². The molecule has 0 fully saturated rings. The van der Waals surface area contributed by atoms with E-state index >= 15 is 0 Å². The standard InChI is InChI=1S/C16H13N5O3.C16H11N5O2.C15H11N5O2/c1-23-6-7-24-21-13-10-5-3-2-4-9(10)12-15(13)19-11(8-17)14(20-12)16(18)22;1-2-7-23-21-13-10-6-4-3-5-9(10)12-15(13)19-11(8-17)14(20-12)16(18)22;1-2-22-20-12-9-6-4-3-5-8(9)11-14(12)18-10(7-16)13(19-11)15(17)21/h2-5H,6-7H2,1H3,(H2,18,22);2-6H,1,7H2,(H2,18,22);3-6H,2H2,1H3,(H2,17,21). The number of nitrogens with zero attached hydrogens (tertiary/aromatic N) is 12. The van der Waals surface area contributed by atoms with Crippen LogP contribution in [0.5, 0.6) is 0 Å². The van der Waals surface area contributed by atoms with E-state index in [1.807, 2.05) is 97.9 Å². The third-order valence-electron chi connectivity index (χ3n) is 9.86. The molecule has 6 aromatic rings. The van der Waals surface area contributed by atoms with Crippen LogP contribution in [0.4, 0.5) is 0 Å². The van der Waals surface area contributed by atoms with E-state index < -0.39 is 17.7 Å². The highest BCUT2D eigenvalue weighted by Gasteiger charge is 2.34. The zero-order valence-corrected chi connectivity index (χ0v) is 36.5. The van der Waals surface area contributed by atoms with Crippen LogP contribution in [-0.2, 0) is 19.2 Å². The van der Waals surface area contributed by atoms with Gasteiger partial charge in [-0.25, -0.2) is 29.9 Å². The minimum Gasteiger partial charge on any atom is -0.396 e. The first-order chi connectivity index (χ1) is 33.5. The molecule has 0 saturated carbocycles. The van der Waals surface area contributed by atoms with Gasteiger partial charge >= 0.3 is 0 Å². The molecule has 22 nitrogen and oxygen atoms in total. The first-order valence-electron chi connectivity index (χ1n) is 20.4. The van der Waals surface area contributed by atoms with Gasteiger partial charge in [-0.15, -0.1) is 0 Å². The summed E-state index contributed by atoms with van der Waals surface area (Å²) in [5.74, 6) is -2.40. The number of fused-ring (bicyclic) bond motifs is 9. The van der Waals surface area contributed by atoms with Gasteiger partial charge in [-0.05, 0) is 6.92 Å². The van der Waals surface area contributed by atoms with Gasteiger partial charge in [-0.3, -0.25) is 14.4 Å². The van der Waals surface area contributed by atoms with E-state index in [0.29, 0.717) is 64.5 Å². The molecule has 0 spiro atoms. The van der Waals surface area contributed by atoms with Crippen LogP contribution < -0.4 is 17.2 Å². The molecule has 3 aromatic carbocycles. The number of hydrogen-bond acceptors (Lipinski definition) is 19. The van der Waals surface area contributed by atoms with Gasteiger partial charge in [0.2, 0.25) is 0 Å². The summed E-state index contributed by atoms with van der Waals surface area (Å²) in [7, 11) is 1.56. The molecular formula is C47H35N15O7. The van der Waals surface area contributed by atoms with Crippen LogP contribution in [0.15, 0.2) is 101 Å². The highest BCUT2D eigenvalue weighted by molar-refractivity contribution is 6.24. The number of benzene rings is 3. The molecule has 6 N–H and O–H groups in total. The predicted molar refractivity (Wildman–Crippen MR) is 245 cm³/mol. The maximum Gasteiger partial charge on any atom is 0.270 e. The molecule has 0 aliphatic heterocycles. The number of amides is 3. The van der Waals surface area contributed by atoms with Crippen molar-refractivity contribution in [3.8, 4) is 52.0 Å². The van der Waals surface area contributed by atoms with Crippen molar-refractivity contribution in [1.29, 1.82) is 15.8 Å². The maximum atomic E-state index is 11.5. The number of nitriles is 3. The molecule has 3 aliphatic carbocycles. The SMILES string of the molecule is C=CCON=C1c2ccccc2-c2nc(C(N)=O)c(C#N)nc21.CCON=C1c2ccccc2-c2nc(C(N)=O)c(C#N)nc21.COCCON=C1c2ccccc2-c2nc(C(N)=O)c(C#N)nc21. The fourth-order valence-corrected chi connectivity index (χ4v) is 6.98. The lowest BCUT2D eigenvalue weighted by Gasteiger charge is -2.04. The van der Waals surface area contributed by atoms with Crippen LogP contribution >= 0.6 is 0 Å². The van der Waals surface area contributed by atoms with E-state index in [1.54, 1.807) is 13.2 Å². The first-order valence-corrected chi connectivity index (χ1v) is 20.4. The van der Waals surface area contributed by atoms with Crippen LogP contribution in [0, 0.1) is 34.0 Å². The summed E-state index contributed by atoms with van der Waals surface area (Å²) < 4.78 is 4.91. The lowest BCUT2D eigenvalue weighted by Crippen LogP contribution is -2.18. The number of oxime groups is 3. The molecule has 0 unspecified atom stereocenters. The second-order valence-electron chi connectivity index (χ2n) is 14.1. The number of methoxy groups -OCH3 is 1. The number of ether oxygens (including phenoxy) is 1. The van der Waals surface area contributed by atoms with Gasteiger partial charge in [0.25, 0.3) is 17.7 Å². The molecule has 22 heteroatoms. The smallest absolute Gasteiger partial charge is 0.270 e. The summed E-state index contributed by atoms with van der Waals surface area (Å²) in [5, 5.41) is 39.7. The minimum absolute atomic E-state index is 0.122. The highest BCUT2D eigenvalue weighted by atomic mass is 16.6. The van der Waals surface area contributed by atoms with Crippen molar-refractivity contribution in [1.82, 2.24) is 29.9 Å². The number of carbonyl (C=O) groups excluding carboxylic acids is 3. The predicted octanol–water partition coefficient (Wildman–Crippen LogP) is 3.44. The van der Waals surface area contributed by atoms with Crippen LogP contribution in [0.3, 0.4) is 0 Å². The van der Waals surface area contributed by atoms with Crippen molar-refractivity contribution in [2.24, 2.45) is 32.7 Å². The zero-order chi connectivity index (χ0) is 49.2. The Morgan fingerprint density at radius 1 is 0.536 bits per heavy atom. The van der Waals surface area contributed by atoms with Crippen molar-refractivity contribution in [2.45, 2.75) is 6.92 Å². The monoisotopic (exact) mass is 921 g/mol. The van der Waals surface area contributed by atoms with Crippen molar-refractivity contribution in [3.05, 3.63) is 153 Å². The Morgan fingerprint density at radius 3 is 1.17 bits per heavy atom. The van der Waals surface area contributed by atoms with Crippen LogP contribution in [0.2, 0.25) is 0 Å². The summed E-state index contributed by atoms with van der Waals surface area (Å²) >= 11 is 0. The van der Waals surface area contributed by atoms with Gasteiger partial charge in [0, 0.05) is 40.5 Å².